The molecule has 0 saturated carbocycles. The molecule has 0 aliphatic carbocycles. The Kier molecular flexibility index (Phi) is 4.31. The van der Waals surface area contributed by atoms with Crippen molar-refractivity contribution in [2.75, 3.05) is 0 Å². The predicted octanol–water partition coefficient (Wildman–Crippen LogP) is 4.90. The van der Waals surface area contributed by atoms with Crippen LogP contribution in [0.5, 0.6) is 0 Å². The number of benzene rings is 2. The second-order valence-electron chi connectivity index (χ2n) is 6.16. The number of nitrogens with one attached hydrogen (secondary N) is 1. The minimum Gasteiger partial charge on any atom is -0.339 e. The third-order valence-corrected chi connectivity index (χ3v) is 4.87. The van der Waals surface area contributed by atoms with Crippen LogP contribution in [0.1, 0.15) is 16.8 Å². The van der Waals surface area contributed by atoms with Gasteiger partial charge >= 0.3 is 0 Å². The van der Waals surface area contributed by atoms with E-state index in [1.54, 1.807) is 18.2 Å². The van der Waals surface area contributed by atoms with Gasteiger partial charge in [-0.15, -0.1) is 0 Å². The number of fused-ring (bicyclic) bond motifs is 1. The Bertz CT molecular complexity index is 1140. The minimum absolute atomic E-state index is 0.172. The molecule has 0 saturated heterocycles. The highest BCUT2D eigenvalue weighted by Gasteiger charge is 2.14. The topological polar surface area (TPSA) is 50.2 Å². The number of hydrogen-bond donors (Lipinski definition) is 1. The number of aromatic amines is 1. The number of aromatic nitrogens is 3. The molecule has 0 aliphatic heterocycles. The summed E-state index contributed by atoms with van der Waals surface area (Å²) in [7, 11) is 0. The highest BCUT2D eigenvalue weighted by atomic mass is 35.5. The average molecular weight is 384 g/mol. The van der Waals surface area contributed by atoms with E-state index in [1.807, 2.05) is 43.3 Å². The minimum atomic E-state index is -0.172. The molecule has 0 bridgehead atoms. The first-order valence-electron chi connectivity index (χ1n) is 8.13. The first kappa shape index (κ1) is 16.9. The summed E-state index contributed by atoms with van der Waals surface area (Å²) >= 11 is 11.9. The number of halogens is 2. The molecule has 2 heterocycles. The Morgan fingerprint density at radius 3 is 2.27 bits per heavy atom. The van der Waals surface area contributed by atoms with E-state index in [9.17, 15) is 4.79 Å². The molecule has 4 aromatic rings. The first-order valence-corrected chi connectivity index (χ1v) is 8.89. The van der Waals surface area contributed by atoms with Crippen LogP contribution < -0.4 is 5.56 Å². The SMILES string of the molecule is Cc1nn2c(=O)cc(-c3ccc(Cl)cc3)[nH]c2c1Cc1ccc(Cl)cc1. The zero-order valence-electron chi connectivity index (χ0n) is 14.0. The van der Waals surface area contributed by atoms with Crippen LogP contribution in [0.25, 0.3) is 16.9 Å². The third-order valence-electron chi connectivity index (χ3n) is 4.36. The molecular weight excluding hydrogens is 369 g/mol. The molecule has 4 nitrogen and oxygen atoms in total. The maximum Gasteiger partial charge on any atom is 0.274 e. The van der Waals surface area contributed by atoms with Crippen LogP contribution in [-0.2, 0) is 6.42 Å². The van der Waals surface area contributed by atoms with Crippen molar-refractivity contribution >= 4 is 28.8 Å². The molecule has 6 heteroatoms. The molecular formula is C20H15Cl2N3O. The molecule has 0 unspecified atom stereocenters. The molecule has 0 aliphatic rings. The van der Waals surface area contributed by atoms with Crippen molar-refractivity contribution in [1.29, 1.82) is 0 Å². The fourth-order valence-corrected chi connectivity index (χ4v) is 3.25. The number of H-pyrrole nitrogens is 1. The Morgan fingerprint density at radius 1 is 1.00 bits per heavy atom. The van der Waals surface area contributed by atoms with Gasteiger partial charge in [-0.05, 0) is 42.3 Å². The van der Waals surface area contributed by atoms with Crippen molar-refractivity contribution in [3.8, 4) is 11.3 Å². The fraction of sp³-hybridized carbons (Fsp3) is 0.100. The Morgan fingerprint density at radius 2 is 1.62 bits per heavy atom. The molecule has 2 aromatic carbocycles. The molecule has 1 N–H and O–H groups in total. The zero-order valence-corrected chi connectivity index (χ0v) is 15.5. The second-order valence-corrected chi connectivity index (χ2v) is 7.03. The zero-order chi connectivity index (χ0) is 18.3. The molecule has 2 aromatic heterocycles. The van der Waals surface area contributed by atoms with Gasteiger partial charge in [0, 0.05) is 28.1 Å². The lowest BCUT2D eigenvalue weighted by atomic mass is 10.1. The second kappa shape index (κ2) is 6.63. The van der Waals surface area contributed by atoms with Gasteiger partial charge < -0.3 is 4.98 Å². The van der Waals surface area contributed by atoms with Gasteiger partial charge in [-0.3, -0.25) is 4.79 Å². The van der Waals surface area contributed by atoms with Crippen molar-refractivity contribution in [1.82, 2.24) is 14.6 Å². The lowest BCUT2D eigenvalue weighted by molar-refractivity contribution is 0.882. The van der Waals surface area contributed by atoms with E-state index in [2.05, 4.69) is 10.1 Å². The molecule has 26 heavy (non-hydrogen) atoms. The Balaban J connectivity index is 1.85. The number of nitrogens with zero attached hydrogens (tertiary/aromatic N) is 2. The largest absolute Gasteiger partial charge is 0.339 e. The summed E-state index contributed by atoms with van der Waals surface area (Å²) in [5.41, 5.74) is 5.07. The fourth-order valence-electron chi connectivity index (χ4n) is 3.00. The van der Waals surface area contributed by atoms with E-state index in [1.165, 1.54) is 4.52 Å². The lowest BCUT2D eigenvalue weighted by Gasteiger charge is -2.06. The van der Waals surface area contributed by atoms with Gasteiger partial charge in [0.2, 0.25) is 0 Å². The summed E-state index contributed by atoms with van der Waals surface area (Å²) in [6.45, 7) is 1.91. The number of rotatable bonds is 3. The quantitative estimate of drug-likeness (QED) is 0.547. The highest BCUT2D eigenvalue weighted by molar-refractivity contribution is 6.30. The summed E-state index contributed by atoms with van der Waals surface area (Å²) in [5.74, 6) is 0. The van der Waals surface area contributed by atoms with E-state index < -0.39 is 0 Å². The number of aryl methyl sites for hydroxylation is 1. The van der Waals surface area contributed by atoms with Gasteiger partial charge in [0.25, 0.3) is 5.56 Å². The van der Waals surface area contributed by atoms with E-state index in [4.69, 9.17) is 23.2 Å². The monoisotopic (exact) mass is 383 g/mol. The van der Waals surface area contributed by atoms with Crippen molar-refractivity contribution in [2.45, 2.75) is 13.3 Å². The van der Waals surface area contributed by atoms with Gasteiger partial charge in [-0.25, -0.2) is 0 Å². The molecule has 0 radical (unpaired) electrons. The van der Waals surface area contributed by atoms with Crippen LogP contribution in [0, 0.1) is 6.92 Å². The van der Waals surface area contributed by atoms with Crippen molar-refractivity contribution in [3.63, 3.8) is 0 Å². The molecule has 130 valence electrons. The van der Waals surface area contributed by atoms with Gasteiger partial charge in [0.1, 0.15) is 5.65 Å². The predicted molar refractivity (Wildman–Crippen MR) is 105 cm³/mol. The number of hydrogen-bond acceptors (Lipinski definition) is 2. The molecule has 4 rings (SSSR count). The summed E-state index contributed by atoms with van der Waals surface area (Å²) in [6.07, 6.45) is 0.659. The summed E-state index contributed by atoms with van der Waals surface area (Å²) < 4.78 is 1.42. The Hall–Kier alpha value is -2.56. The maximum absolute atomic E-state index is 12.5. The van der Waals surface area contributed by atoms with Crippen LogP contribution in [0.2, 0.25) is 10.0 Å². The first-order chi connectivity index (χ1) is 12.5. The maximum atomic E-state index is 12.5. The smallest absolute Gasteiger partial charge is 0.274 e. The van der Waals surface area contributed by atoms with Crippen LogP contribution in [-0.4, -0.2) is 14.6 Å². The average Bonchev–Trinajstić information content (AvgIpc) is 2.94. The van der Waals surface area contributed by atoms with Crippen molar-refractivity contribution < 1.29 is 0 Å². The van der Waals surface area contributed by atoms with Crippen LogP contribution in [0.15, 0.2) is 59.4 Å². The summed E-state index contributed by atoms with van der Waals surface area (Å²) in [6, 6.07) is 16.6. The molecule has 0 fully saturated rings. The van der Waals surface area contributed by atoms with Crippen LogP contribution in [0.4, 0.5) is 0 Å². The molecule has 0 atom stereocenters. The summed E-state index contributed by atoms with van der Waals surface area (Å²) in [4.78, 5) is 15.9. The normalized spacial score (nSPS) is 11.2. The summed E-state index contributed by atoms with van der Waals surface area (Å²) in [5, 5.41) is 5.75. The van der Waals surface area contributed by atoms with Crippen LogP contribution >= 0.6 is 23.2 Å². The standard InChI is InChI=1S/C20H15Cl2N3O/c1-12-17(10-13-2-6-15(21)7-3-13)20-23-18(11-19(26)25(20)24-12)14-4-8-16(22)9-5-14/h2-9,11,23H,10H2,1H3. The van der Waals surface area contributed by atoms with Crippen molar-refractivity contribution in [3.05, 3.63) is 91.8 Å². The van der Waals surface area contributed by atoms with Gasteiger partial charge in [0.05, 0.1) is 11.4 Å². The highest BCUT2D eigenvalue weighted by Crippen LogP contribution is 2.23. The van der Waals surface area contributed by atoms with Gasteiger partial charge in [-0.2, -0.15) is 9.61 Å². The molecule has 0 spiro atoms. The third kappa shape index (κ3) is 3.14. The van der Waals surface area contributed by atoms with Gasteiger partial charge in [0.15, 0.2) is 0 Å². The van der Waals surface area contributed by atoms with Crippen LogP contribution in [0.3, 0.4) is 0 Å². The lowest BCUT2D eigenvalue weighted by Crippen LogP contribution is -2.14. The molecule has 0 amide bonds. The van der Waals surface area contributed by atoms with E-state index in [-0.39, 0.29) is 5.56 Å². The Labute approximate surface area is 160 Å². The van der Waals surface area contributed by atoms with Crippen molar-refractivity contribution in [2.24, 2.45) is 0 Å². The van der Waals surface area contributed by atoms with E-state index in [0.717, 1.165) is 28.1 Å². The van der Waals surface area contributed by atoms with E-state index in [0.29, 0.717) is 22.1 Å². The van der Waals surface area contributed by atoms with Gasteiger partial charge in [-0.1, -0.05) is 47.5 Å². The van der Waals surface area contributed by atoms with E-state index >= 15 is 0 Å².